The molecule has 1 fully saturated rings. The van der Waals surface area contributed by atoms with E-state index in [1.807, 2.05) is 31.3 Å². The first-order valence-electron chi connectivity index (χ1n) is 8.43. The predicted octanol–water partition coefficient (Wildman–Crippen LogP) is 4.21. The average molecular weight is 379 g/mol. The summed E-state index contributed by atoms with van der Waals surface area (Å²) in [7, 11) is 3.53. The summed E-state index contributed by atoms with van der Waals surface area (Å²) in [5, 5.41) is 0. The molecule has 4 nitrogen and oxygen atoms in total. The monoisotopic (exact) mass is 378 g/mol. The van der Waals surface area contributed by atoms with Crippen LogP contribution in [-0.2, 0) is 11.3 Å². The van der Waals surface area contributed by atoms with E-state index in [4.69, 9.17) is 16.3 Å². The number of nitrogens with zero attached hydrogens (tertiary/aromatic N) is 2. The van der Waals surface area contributed by atoms with Gasteiger partial charge in [0.1, 0.15) is 5.75 Å². The van der Waals surface area contributed by atoms with Gasteiger partial charge in [0.25, 0.3) is 0 Å². The third-order valence-electron chi connectivity index (χ3n) is 4.65. The van der Waals surface area contributed by atoms with Gasteiger partial charge in [0.15, 0.2) is 0 Å². The molecule has 1 amide bonds. The number of ether oxygens (including phenoxy) is 1. The lowest BCUT2D eigenvalue weighted by Gasteiger charge is -2.26. The van der Waals surface area contributed by atoms with Crippen molar-refractivity contribution in [1.82, 2.24) is 9.80 Å². The Kier molecular flexibility index (Phi) is 5.99. The molecule has 1 aliphatic rings. The number of benzene rings is 1. The molecule has 0 aliphatic carbocycles. The zero-order valence-corrected chi connectivity index (χ0v) is 16.1. The van der Waals surface area contributed by atoms with Crippen molar-refractivity contribution in [3.63, 3.8) is 0 Å². The molecule has 0 spiro atoms. The summed E-state index contributed by atoms with van der Waals surface area (Å²) in [4.78, 5) is 17.8. The highest BCUT2D eigenvalue weighted by Crippen LogP contribution is 2.32. The van der Waals surface area contributed by atoms with Crippen molar-refractivity contribution >= 4 is 28.8 Å². The van der Waals surface area contributed by atoms with Gasteiger partial charge in [-0.15, -0.1) is 11.3 Å². The van der Waals surface area contributed by atoms with E-state index >= 15 is 0 Å². The second-order valence-corrected chi connectivity index (χ2v) is 8.16. The average Bonchev–Trinajstić information content (AvgIpc) is 3.24. The Labute approximate surface area is 158 Å². The maximum absolute atomic E-state index is 12.6. The summed E-state index contributed by atoms with van der Waals surface area (Å²) in [6.07, 6.45) is 2.21. The van der Waals surface area contributed by atoms with Gasteiger partial charge in [0.2, 0.25) is 5.91 Å². The van der Waals surface area contributed by atoms with Gasteiger partial charge in [0.05, 0.1) is 24.5 Å². The zero-order chi connectivity index (χ0) is 17.8. The summed E-state index contributed by atoms with van der Waals surface area (Å²) in [6.45, 7) is 2.02. The molecule has 1 unspecified atom stereocenters. The number of likely N-dealkylation sites (N-methyl/N-ethyl adjacent to an activating group) is 1. The summed E-state index contributed by atoms with van der Waals surface area (Å²) in [5.41, 5.74) is 1.25. The quantitative estimate of drug-likeness (QED) is 0.755. The largest absolute Gasteiger partial charge is 0.497 e. The number of thiophene rings is 1. The second-order valence-electron chi connectivity index (χ2n) is 6.36. The normalized spacial score (nSPS) is 17.6. The van der Waals surface area contributed by atoms with Crippen LogP contribution in [0.25, 0.3) is 0 Å². The van der Waals surface area contributed by atoms with E-state index in [2.05, 4.69) is 17.0 Å². The summed E-state index contributed by atoms with van der Waals surface area (Å²) < 4.78 is 5.99. The summed E-state index contributed by atoms with van der Waals surface area (Å²) in [5.74, 6) is 1.00. The van der Waals surface area contributed by atoms with Gasteiger partial charge in [-0.3, -0.25) is 9.69 Å². The minimum atomic E-state index is 0.143. The SMILES string of the molecule is COc1ccc(C2CCCN2CC(=O)N(C)Cc2ccc(Cl)s2)cc1. The summed E-state index contributed by atoms with van der Waals surface area (Å²) >= 11 is 7.49. The topological polar surface area (TPSA) is 32.8 Å². The number of rotatable bonds is 6. The number of halogens is 1. The van der Waals surface area contributed by atoms with E-state index in [9.17, 15) is 4.79 Å². The molecule has 1 saturated heterocycles. The Morgan fingerprint density at radius 2 is 2.08 bits per heavy atom. The number of carbonyl (C=O) groups is 1. The standard InChI is InChI=1S/C19H23ClN2O2S/c1-21(12-16-9-10-18(20)25-16)19(23)13-22-11-3-4-17(22)14-5-7-15(24-2)8-6-14/h5-10,17H,3-4,11-13H2,1-2H3. The molecule has 3 rings (SSSR count). The van der Waals surface area contributed by atoms with Crippen molar-refractivity contribution in [3.8, 4) is 5.75 Å². The minimum Gasteiger partial charge on any atom is -0.497 e. The van der Waals surface area contributed by atoms with Crippen LogP contribution in [0.15, 0.2) is 36.4 Å². The molecule has 0 bridgehead atoms. The molecule has 134 valence electrons. The second kappa shape index (κ2) is 8.21. The first kappa shape index (κ1) is 18.2. The molecule has 0 saturated carbocycles. The highest BCUT2D eigenvalue weighted by molar-refractivity contribution is 7.16. The molecule has 25 heavy (non-hydrogen) atoms. The van der Waals surface area contributed by atoms with Crippen LogP contribution in [0.4, 0.5) is 0 Å². The van der Waals surface area contributed by atoms with Crippen molar-refractivity contribution in [3.05, 3.63) is 51.2 Å². The lowest BCUT2D eigenvalue weighted by Crippen LogP contribution is -2.37. The molecule has 1 aromatic carbocycles. The smallest absolute Gasteiger partial charge is 0.236 e. The van der Waals surface area contributed by atoms with Crippen LogP contribution < -0.4 is 4.74 Å². The van der Waals surface area contributed by atoms with Crippen LogP contribution in [0.2, 0.25) is 4.34 Å². The predicted molar refractivity (Wildman–Crippen MR) is 102 cm³/mol. The van der Waals surface area contributed by atoms with E-state index in [-0.39, 0.29) is 5.91 Å². The molecule has 6 heteroatoms. The van der Waals surface area contributed by atoms with Crippen molar-refractivity contribution in [1.29, 1.82) is 0 Å². The van der Waals surface area contributed by atoms with Crippen LogP contribution in [0, 0.1) is 0 Å². The van der Waals surface area contributed by atoms with Crippen LogP contribution in [-0.4, -0.2) is 43.0 Å². The lowest BCUT2D eigenvalue weighted by atomic mass is 10.0. The fourth-order valence-electron chi connectivity index (χ4n) is 3.27. The van der Waals surface area contributed by atoms with Crippen LogP contribution in [0.5, 0.6) is 5.75 Å². The van der Waals surface area contributed by atoms with Crippen LogP contribution >= 0.6 is 22.9 Å². The number of amides is 1. The Balaban J connectivity index is 1.60. The highest BCUT2D eigenvalue weighted by Gasteiger charge is 2.28. The van der Waals surface area contributed by atoms with Gasteiger partial charge in [-0.25, -0.2) is 0 Å². The van der Waals surface area contributed by atoms with Crippen molar-refractivity contribution in [2.24, 2.45) is 0 Å². The summed E-state index contributed by atoms with van der Waals surface area (Å²) in [6, 6.07) is 12.3. The third kappa shape index (κ3) is 4.54. The minimum absolute atomic E-state index is 0.143. The number of hydrogen-bond acceptors (Lipinski definition) is 4. The Hall–Kier alpha value is -1.56. The molecule has 2 heterocycles. The van der Waals surface area contributed by atoms with Gasteiger partial charge in [0, 0.05) is 18.0 Å². The van der Waals surface area contributed by atoms with E-state index in [0.29, 0.717) is 19.1 Å². The molecule has 0 N–H and O–H groups in total. The fraction of sp³-hybridized carbons (Fsp3) is 0.421. The Morgan fingerprint density at radius 1 is 1.32 bits per heavy atom. The maximum atomic E-state index is 12.6. The van der Waals surface area contributed by atoms with Gasteiger partial charge < -0.3 is 9.64 Å². The van der Waals surface area contributed by atoms with Crippen molar-refractivity contribution in [2.75, 3.05) is 27.2 Å². The Bertz CT molecular complexity index is 716. The van der Waals surface area contributed by atoms with E-state index in [1.165, 1.54) is 16.9 Å². The first-order chi connectivity index (χ1) is 12.1. The molecule has 2 aromatic rings. The number of hydrogen-bond donors (Lipinski definition) is 0. The maximum Gasteiger partial charge on any atom is 0.236 e. The molecule has 0 radical (unpaired) electrons. The van der Waals surface area contributed by atoms with Crippen molar-refractivity contribution < 1.29 is 9.53 Å². The number of carbonyl (C=O) groups excluding carboxylic acids is 1. The fourth-order valence-corrected chi connectivity index (χ4v) is 4.41. The van der Waals surface area contributed by atoms with E-state index in [0.717, 1.165) is 34.3 Å². The van der Waals surface area contributed by atoms with E-state index in [1.54, 1.807) is 12.0 Å². The molecular weight excluding hydrogens is 356 g/mol. The van der Waals surface area contributed by atoms with Crippen molar-refractivity contribution in [2.45, 2.75) is 25.4 Å². The number of likely N-dealkylation sites (tertiary alicyclic amines) is 1. The van der Waals surface area contributed by atoms with Gasteiger partial charge >= 0.3 is 0 Å². The zero-order valence-electron chi connectivity index (χ0n) is 14.6. The third-order valence-corrected chi connectivity index (χ3v) is 5.87. The molecule has 1 atom stereocenters. The molecule has 1 aromatic heterocycles. The Morgan fingerprint density at radius 3 is 2.72 bits per heavy atom. The molecule has 1 aliphatic heterocycles. The van der Waals surface area contributed by atoms with Crippen LogP contribution in [0.3, 0.4) is 0 Å². The first-order valence-corrected chi connectivity index (χ1v) is 9.62. The van der Waals surface area contributed by atoms with Gasteiger partial charge in [-0.1, -0.05) is 23.7 Å². The number of methoxy groups -OCH3 is 1. The van der Waals surface area contributed by atoms with Crippen LogP contribution in [0.1, 0.15) is 29.3 Å². The van der Waals surface area contributed by atoms with E-state index < -0.39 is 0 Å². The van der Waals surface area contributed by atoms with Gasteiger partial charge in [-0.2, -0.15) is 0 Å². The highest BCUT2D eigenvalue weighted by atomic mass is 35.5. The molecular formula is C19H23ClN2O2S. The lowest BCUT2D eigenvalue weighted by molar-refractivity contribution is -0.131. The van der Waals surface area contributed by atoms with Gasteiger partial charge in [-0.05, 0) is 49.2 Å².